The molecule has 9 amide bonds. The van der Waals surface area contributed by atoms with E-state index in [1.54, 1.807) is 52.1 Å². The molecule has 0 spiro atoms. The molecular weight excluding hydrogens is 1660 g/mol. The van der Waals surface area contributed by atoms with Crippen molar-refractivity contribution in [1.82, 2.24) is 53.2 Å². The third kappa shape index (κ3) is 20.1. The van der Waals surface area contributed by atoms with Crippen molar-refractivity contribution in [2.45, 2.75) is 252 Å². The van der Waals surface area contributed by atoms with Gasteiger partial charge in [0.1, 0.15) is 96.4 Å². The Kier molecular flexibility index (Phi) is 28.4. The van der Waals surface area contributed by atoms with E-state index in [2.05, 4.69) is 53.2 Å². The number of hydrogen-bond donors (Lipinski definition) is 20. The van der Waals surface area contributed by atoms with Crippen molar-refractivity contribution in [3.63, 3.8) is 0 Å². The number of alkyl halides is 1. The second kappa shape index (κ2) is 38.7. The summed E-state index contributed by atoms with van der Waals surface area (Å²) in [6.45, 7) is 9.94. The van der Waals surface area contributed by atoms with Crippen LogP contribution in [0.5, 0.6) is 23.0 Å². The third-order valence-electron chi connectivity index (χ3n) is 26.3. The molecule has 37 heteroatoms. The molecule has 7 fully saturated rings. The van der Waals surface area contributed by atoms with E-state index in [1.165, 1.54) is 56.5 Å². The van der Waals surface area contributed by atoms with Crippen molar-refractivity contribution in [3.8, 4) is 23.0 Å². The van der Waals surface area contributed by atoms with Crippen LogP contribution in [0.1, 0.15) is 136 Å². The van der Waals surface area contributed by atoms with E-state index < -0.39 is 253 Å². The molecule has 0 radical (unpaired) electrons. The van der Waals surface area contributed by atoms with E-state index in [0.717, 1.165) is 38.2 Å². The summed E-state index contributed by atoms with van der Waals surface area (Å²) in [6, 6.07) is -5.21. The fourth-order valence-corrected chi connectivity index (χ4v) is 20.2. The zero-order chi connectivity index (χ0) is 90.3. The fourth-order valence-electron chi connectivity index (χ4n) is 19.9. The Balaban J connectivity index is 0.944. The second-order valence-corrected chi connectivity index (χ2v) is 36.7. The molecule has 15 bridgehead atoms. The predicted octanol–water partition coefficient (Wildman–Crippen LogP) is 0.606. The maximum absolute atomic E-state index is 16.8. The first-order valence-electron chi connectivity index (χ1n) is 43.3. The molecule has 7 aliphatic heterocycles. The lowest BCUT2D eigenvalue weighted by molar-refractivity contribution is -0.333. The summed E-state index contributed by atoms with van der Waals surface area (Å²) in [7, 11) is 3.27. The number of aliphatic hydroxyl groups excluding tert-OH is 9. The van der Waals surface area contributed by atoms with E-state index in [0.29, 0.717) is 36.3 Å². The van der Waals surface area contributed by atoms with Gasteiger partial charge in [0.15, 0.2) is 23.9 Å². The number of rotatable bonds is 20. The first kappa shape index (κ1) is 92.5. The van der Waals surface area contributed by atoms with Crippen molar-refractivity contribution in [1.29, 1.82) is 0 Å². The molecule has 7 heterocycles. The number of benzene rings is 2. The van der Waals surface area contributed by atoms with Crippen LogP contribution in [0.25, 0.3) is 0 Å². The summed E-state index contributed by atoms with van der Waals surface area (Å²) in [6.07, 6.45) is -9.23. The molecule has 21 N–H and O–H groups in total. The summed E-state index contributed by atoms with van der Waals surface area (Å²) >= 11 is 7.48. The summed E-state index contributed by atoms with van der Waals surface area (Å²) < 4.78 is 45.6. The number of hydrogen-bond acceptors (Lipinski definition) is 28. The van der Waals surface area contributed by atoms with E-state index in [4.69, 9.17) is 50.5 Å². The highest BCUT2D eigenvalue weighted by Gasteiger charge is 2.54. The Hall–Kier alpha value is -9.64. The van der Waals surface area contributed by atoms with Gasteiger partial charge in [-0.25, -0.2) is 0 Å². The Morgan fingerprint density at radius 2 is 1.43 bits per heavy atom. The van der Waals surface area contributed by atoms with Crippen LogP contribution in [0, 0.1) is 41.4 Å². The summed E-state index contributed by atoms with van der Waals surface area (Å²) in [5.74, 6) is -13.5. The lowest BCUT2D eigenvalue weighted by Crippen LogP contribution is -2.64. The van der Waals surface area contributed by atoms with Crippen LogP contribution in [0.15, 0.2) is 129 Å². The third-order valence-corrected chi connectivity index (χ3v) is 26.7. The smallest absolute Gasteiger partial charge is 0.248 e. The monoisotopic (exact) mass is 1770 g/mol. The zero-order valence-corrected chi connectivity index (χ0v) is 72.1. The van der Waals surface area contributed by atoms with Crippen molar-refractivity contribution >= 4 is 64.8 Å². The molecule has 126 heavy (non-hydrogen) atoms. The molecule has 17 rings (SSSR count). The number of fused-ring (bicyclic) bond motifs is 15. The summed E-state index contributed by atoms with van der Waals surface area (Å²) in [4.78, 5) is 140. The van der Waals surface area contributed by atoms with Gasteiger partial charge in [0.25, 0.3) is 0 Å². The SMILES string of the molecule is CNCCOc1ccc(CC(=O)NC(=O)CC2NC(=O)[C@H](NC(=O)[C@@H](CC(C)C)NC)[C@H](O)C3=CC(C)=C(CC3C)Oc3cc4cc(c3O[C@@H]3O[C@H](CO)[C@@H](O)[C@H](O)[C@H]3O[C@H]3C[C@](C)(N)[C@H](O)[C@H](C)O3)OC3=CC=C(C[C@@H]3Cl)[C@@H](O)[C@@H]3NC(=O)[C@H](NC(=O)[C@@H]4NC2=O)C2=CC=C(O)C(C2)C2=C(O)C[C@@H](O)C=C2[C@@H](C(=O)NC2C4CC5CC(C4)CC2C5)NC3=O)cc1. The van der Waals surface area contributed by atoms with Gasteiger partial charge in [-0.15, -0.1) is 11.6 Å². The number of nitrogens with one attached hydrogen (secondary N) is 10. The second-order valence-electron chi connectivity index (χ2n) is 36.2. The van der Waals surface area contributed by atoms with Crippen LogP contribution in [0.4, 0.5) is 0 Å². The number of imide groups is 1. The normalized spacial score (nSPS) is 35.4. The van der Waals surface area contributed by atoms with Crippen LogP contribution in [-0.2, 0) is 63.8 Å². The van der Waals surface area contributed by atoms with Gasteiger partial charge in [-0.1, -0.05) is 51.1 Å². The minimum absolute atomic E-state index is 0.0270. The minimum Gasteiger partial charge on any atom is -0.512 e. The van der Waals surface area contributed by atoms with Crippen LogP contribution in [-0.4, -0.2) is 254 Å². The zero-order valence-electron chi connectivity index (χ0n) is 71.3. The van der Waals surface area contributed by atoms with Crippen LogP contribution in [0.3, 0.4) is 0 Å². The Morgan fingerprint density at radius 3 is 2.10 bits per heavy atom. The maximum atomic E-state index is 16.8. The number of aliphatic hydroxyl groups is 9. The number of amides is 9. The van der Waals surface area contributed by atoms with Crippen LogP contribution < -0.4 is 77.8 Å². The highest BCUT2D eigenvalue weighted by atomic mass is 35.5. The van der Waals surface area contributed by atoms with Crippen LogP contribution in [0.2, 0.25) is 0 Å². The average Bonchev–Trinajstić information content (AvgIpc) is 0.733. The molecular formula is C89H116ClN11O25. The van der Waals surface area contributed by atoms with Gasteiger partial charge in [-0.3, -0.25) is 48.5 Å². The summed E-state index contributed by atoms with van der Waals surface area (Å²) in [5.41, 5.74) is 5.27. The molecule has 2 aromatic rings. The first-order chi connectivity index (χ1) is 59.9. The predicted molar refractivity (Wildman–Crippen MR) is 450 cm³/mol. The van der Waals surface area contributed by atoms with Crippen molar-refractivity contribution < 1.29 is 122 Å². The molecule has 22 atom stereocenters. The standard InChI is InChI=1S/C89H116ClN11O25/c1-37(2)19-55(93-8)81(113)100-73-75(109)51-20-39(4)60(21-38(51)3)123-62-31-48-30-61(78(62)126-88-79(77(111)76(110)63(36-102)124-88)125-66-35-89(6,91)80(112)40(5)121-66)122-59-16-12-45(29-54(59)90)74(108)72-87(119)99-71(85(117)96-68-46-23-42-22-43(25-46)26-47(68)24-42)53-32-49(103)33-58(105)67(53)52-28-44(11-15-57(52)104)69(83(115)101-72)98-84(116)70(48)97-82(114)56(94-86(73)118)34-65(107)95-64(106)27-41-9-13-50(14-10-41)120-18-17-92-7/h9-16,20,30-32,37-38,40,42-43,46-47,49,52,54-56,63,66,68-77,79-80,88,92-93,102-105,108-112H,17-19,21-29,33-36,91H2,1-8H3,(H,94,118)(H,96,117)(H,97,114)(H,98,116)(H,99,119)(H,100,113)(H,101,115)(H,95,106,107)/t38?,40-,42?,43?,46?,47?,49-,52?,54-,55+,56?,63+,66-,68?,69+,70+,71-,72-,73+,74+,75+,76+,77-,79+,80+,88-,89-/m0/s1. The Morgan fingerprint density at radius 1 is 0.746 bits per heavy atom. The Bertz CT molecular complexity index is 4780. The molecule has 684 valence electrons. The van der Waals surface area contributed by atoms with E-state index in [-0.39, 0.29) is 93.6 Å². The lowest BCUT2D eigenvalue weighted by atomic mass is 9.54. The molecule has 8 aliphatic carbocycles. The average molecular weight is 1780 g/mol. The van der Waals surface area contributed by atoms with Crippen molar-refractivity contribution in [3.05, 3.63) is 140 Å². The molecule has 36 nitrogen and oxygen atoms in total. The van der Waals surface area contributed by atoms with Gasteiger partial charge in [0.05, 0.1) is 54.9 Å². The largest absolute Gasteiger partial charge is 0.512 e. The number of likely N-dealkylation sites (N-methyl/N-ethyl adjacent to an activating group) is 2. The molecule has 4 saturated carbocycles. The summed E-state index contributed by atoms with van der Waals surface area (Å²) in [5, 5.41) is 134. The van der Waals surface area contributed by atoms with Gasteiger partial charge in [-0.05, 0) is 203 Å². The van der Waals surface area contributed by atoms with Gasteiger partial charge >= 0.3 is 0 Å². The van der Waals surface area contributed by atoms with Crippen LogP contribution >= 0.6 is 11.6 Å². The number of halogens is 1. The highest BCUT2D eigenvalue weighted by molar-refractivity contribution is 6.22. The van der Waals surface area contributed by atoms with Gasteiger partial charge in [0, 0.05) is 48.9 Å². The molecule has 3 unspecified atom stereocenters. The highest BCUT2D eigenvalue weighted by Crippen LogP contribution is 2.55. The van der Waals surface area contributed by atoms with Crippen molar-refractivity contribution in [2.75, 3.05) is 33.9 Å². The minimum atomic E-state index is -2.33. The van der Waals surface area contributed by atoms with E-state index in [1.807, 2.05) is 13.8 Å². The van der Waals surface area contributed by atoms with Gasteiger partial charge in [0.2, 0.25) is 65.2 Å². The van der Waals surface area contributed by atoms with E-state index >= 15 is 28.8 Å². The number of carbonyl (C=O) groups excluding carboxylic acids is 9. The molecule has 0 aromatic heterocycles. The number of carbonyl (C=O) groups is 9. The fraction of sp³-hybridized carbons (Fsp3) is 0.584. The molecule has 15 aliphatic rings. The lowest BCUT2D eigenvalue weighted by Gasteiger charge is -2.54. The topological polar surface area (TPSA) is 547 Å². The molecule has 2 aromatic carbocycles. The van der Waals surface area contributed by atoms with Gasteiger partial charge < -0.3 is 133 Å². The first-order valence-corrected chi connectivity index (χ1v) is 43.7. The number of nitrogens with two attached hydrogens (primary N) is 1. The number of allylic oxidation sites excluding steroid dienone is 9. The number of ether oxygens (including phenoxy) is 7. The maximum Gasteiger partial charge on any atom is 0.248 e. The molecule has 3 saturated heterocycles. The Labute approximate surface area is 733 Å². The van der Waals surface area contributed by atoms with Gasteiger partial charge in [-0.2, -0.15) is 0 Å². The van der Waals surface area contributed by atoms with Crippen molar-refractivity contribution in [2.24, 2.45) is 47.2 Å². The quantitative estimate of drug-likeness (QED) is 0.0638. The van der Waals surface area contributed by atoms with E-state index in [9.17, 15) is 60.3 Å².